The van der Waals surface area contributed by atoms with E-state index in [-0.39, 0.29) is 12.8 Å². The van der Waals surface area contributed by atoms with Gasteiger partial charge in [0.05, 0.1) is 25.4 Å². The van der Waals surface area contributed by atoms with Gasteiger partial charge in [-0.25, -0.2) is 4.57 Å². The molecule has 0 heterocycles. The molecular formula is C44H72NO12P. The molecule has 0 rings (SSSR count). The second-order valence-electron chi connectivity index (χ2n) is 13.8. The van der Waals surface area contributed by atoms with Crippen molar-refractivity contribution in [2.24, 2.45) is 5.73 Å². The van der Waals surface area contributed by atoms with Crippen LogP contribution in [0.15, 0.2) is 85.1 Å². The van der Waals surface area contributed by atoms with E-state index in [2.05, 4.69) is 54.8 Å². The van der Waals surface area contributed by atoms with Crippen LogP contribution in [0, 0.1) is 0 Å². The monoisotopic (exact) mass is 837 g/mol. The summed E-state index contributed by atoms with van der Waals surface area (Å²) in [7, 11) is -4.78. The number of nitrogens with two attached hydrogens (primary N) is 1. The molecule has 0 aliphatic rings. The maximum atomic E-state index is 12.6. The molecule has 58 heavy (non-hydrogen) atoms. The van der Waals surface area contributed by atoms with Gasteiger partial charge in [-0.05, 0) is 64.2 Å². The highest BCUT2D eigenvalue weighted by Crippen LogP contribution is 2.43. The van der Waals surface area contributed by atoms with E-state index in [0.29, 0.717) is 25.7 Å². The Morgan fingerprint density at radius 3 is 1.83 bits per heavy atom. The Kier molecular flexibility index (Phi) is 35.6. The predicted octanol–water partition coefficient (Wildman–Crippen LogP) is 8.66. The summed E-state index contributed by atoms with van der Waals surface area (Å²) >= 11 is 0. The lowest BCUT2D eigenvalue weighted by Crippen LogP contribution is -2.34. The number of rotatable bonds is 37. The van der Waals surface area contributed by atoms with Gasteiger partial charge in [-0.1, -0.05) is 137 Å². The van der Waals surface area contributed by atoms with Crippen molar-refractivity contribution in [1.29, 1.82) is 0 Å². The number of phosphoric ester groups is 1. The van der Waals surface area contributed by atoms with Crippen LogP contribution in [0.4, 0.5) is 0 Å². The SMILES string of the molecule is CC/C=C\C/C=C\C/C=C\CCCCCCCC(=O)O[C@H](COC(=O)CCC[C@@H](O)/C=C/C=C\C/C=C\C=C\[C@@H](O)CCCCC)COP(=O)(O)OC[C@H](N)C(=O)O. The van der Waals surface area contributed by atoms with Gasteiger partial charge >= 0.3 is 25.7 Å². The summed E-state index contributed by atoms with van der Waals surface area (Å²) in [6.07, 6.45) is 38.7. The quantitative estimate of drug-likeness (QED) is 0.0130. The third kappa shape index (κ3) is 36.9. The maximum Gasteiger partial charge on any atom is 0.472 e. The van der Waals surface area contributed by atoms with Crippen molar-refractivity contribution in [3.8, 4) is 0 Å². The van der Waals surface area contributed by atoms with Crippen molar-refractivity contribution in [3.05, 3.63) is 85.1 Å². The van der Waals surface area contributed by atoms with E-state index in [1.165, 1.54) is 0 Å². The van der Waals surface area contributed by atoms with Crippen molar-refractivity contribution in [2.75, 3.05) is 19.8 Å². The first-order chi connectivity index (χ1) is 27.9. The molecular weight excluding hydrogens is 765 g/mol. The van der Waals surface area contributed by atoms with Gasteiger partial charge in [0.2, 0.25) is 0 Å². The van der Waals surface area contributed by atoms with Crippen LogP contribution in [0.25, 0.3) is 0 Å². The van der Waals surface area contributed by atoms with Crippen molar-refractivity contribution in [2.45, 2.75) is 154 Å². The Morgan fingerprint density at radius 1 is 0.638 bits per heavy atom. The summed E-state index contributed by atoms with van der Waals surface area (Å²) in [4.78, 5) is 45.9. The third-order valence-corrected chi connectivity index (χ3v) is 9.29. The minimum absolute atomic E-state index is 0.0354. The number of phosphoric acid groups is 1. The largest absolute Gasteiger partial charge is 0.480 e. The normalized spacial score (nSPS) is 15.7. The molecule has 1 unspecified atom stereocenters. The van der Waals surface area contributed by atoms with Crippen LogP contribution in [-0.2, 0) is 37.5 Å². The molecule has 0 bridgehead atoms. The highest BCUT2D eigenvalue weighted by atomic mass is 31.2. The molecule has 0 saturated carbocycles. The number of ether oxygens (including phenoxy) is 2. The zero-order chi connectivity index (χ0) is 43.1. The van der Waals surface area contributed by atoms with Gasteiger partial charge in [-0.2, -0.15) is 0 Å². The molecule has 0 aromatic heterocycles. The van der Waals surface area contributed by atoms with E-state index in [4.69, 9.17) is 24.8 Å². The minimum Gasteiger partial charge on any atom is -0.480 e. The lowest BCUT2D eigenvalue weighted by Gasteiger charge is -2.20. The Hall–Kier alpha value is -3.42. The van der Waals surface area contributed by atoms with Gasteiger partial charge < -0.3 is 35.4 Å². The molecule has 13 nitrogen and oxygen atoms in total. The first kappa shape index (κ1) is 54.6. The minimum atomic E-state index is -4.78. The average Bonchev–Trinajstić information content (AvgIpc) is 3.18. The van der Waals surface area contributed by atoms with Crippen molar-refractivity contribution >= 4 is 25.7 Å². The lowest BCUT2D eigenvalue weighted by molar-refractivity contribution is -0.161. The second-order valence-corrected chi connectivity index (χ2v) is 15.2. The molecule has 6 N–H and O–H groups in total. The van der Waals surface area contributed by atoms with Gasteiger partial charge in [0, 0.05) is 12.8 Å². The van der Waals surface area contributed by atoms with Crippen LogP contribution in [0.1, 0.15) is 129 Å². The number of carboxylic acids is 1. The highest BCUT2D eigenvalue weighted by Gasteiger charge is 2.28. The zero-order valence-corrected chi connectivity index (χ0v) is 35.7. The summed E-state index contributed by atoms with van der Waals surface area (Å²) in [6, 6.07) is -1.56. The number of aliphatic hydroxyl groups excluding tert-OH is 2. The molecule has 14 heteroatoms. The Morgan fingerprint density at radius 2 is 1.19 bits per heavy atom. The number of aliphatic hydroxyl groups is 2. The number of unbranched alkanes of at least 4 members (excludes halogenated alkanes) is 7. The van der Waals surface area contributed by atoms with Crippen LogP contribution in [0.3, 0.4) is 0 Å². The molecule has 5 atom stereocenters. The first-order valence-electron chi connectivity index (χ1n) is 20.8. The van der Waals surface area contributed by atoms with E-state index in [1.807, 2.05) is 24.3 Å². The molecule has 0 fully saturated rings. The summed E-state index contributed by atoms with van der Waals surface area (Å²) in [6.45, 7) is 2.31. The number of carboxylic acid groups (broad SMARTS) is 1. The third-order valence-electron chi connectivity index (χ3n) is 8.34. The molecule has 0 radical (unpaired) electrons. The summed E-state index contributed by atoms with van der Waals surface area (Å²) in [5.74, 6) is -2.67. The second kappa shape index (κ2) is 37.8. The van der Waals surface area contributed by atoms with E-state index < -0.39 is 69.9 Å². The first-order valence-corrected chi connectivity index (χ1v) is 22.3. The zero-order valence-electron chi connectivity index (χ0n) is 34.8. The topological polar surface area (TPSA) is 212 Å². The van der Waals surface area contributed by atoms with Gasteiger partial charge in [-0.15, -0.1) is 0 Å². The van der Waals surface area contributed by atoms with Crippen LogP contribution >= 0.6 is 7.82 Å². The number of carbonyl (C=O) groups is 3. The summed E-state index contributed by atoms with van der Waals surface area (Å²) in [5.41, 5.74) is 5.31. The standard InChI is InChI=1S/C44H72NO12P/c1-3-5-7-8-9-10-11-12-13-14-15-16-20-23-27-33-43(49)57-40(36-55-58(52,53)56-37-41(45)44(50)51)35-54-42(48)34-28-32-39(47)31-26-22-19-17-18-21-25-30-38(46)29-24-6-4-2/h5,7,9-10,12-13,18-19,21-22,25-26,30-31,38-41,46-47H,3-4,6,8,11,14-17,20,23-24,27-29,32-37,45H2,1-2H3,(H,50,51)(H,52,53)/b7-5-,10-9-,13-12-,21-18-,22-19-,30-25+,31-26+/t38-,39-,40+,41-/m0/s1. The summed E-state index contributed by atoms with van der Waals surface area (Å²) in [5, 5.41) is 29.0. The Labute approximate surface area is 347 Å². The van der Waals surface area contributed by atoms with Gasteiger partial charge in [0.15, 0.2) is 6.10 Å². The molecule has 0 aromatic carbocycles. The van der Waals surface area contributed by atoms with E-state index in [0.717, 1.165) is 77.0 Å². The number of aliphatic carboxylic acids is 1. The number of carbonyl (C=O) groups excluding carboxylic acids is 2. The fraction of sp³-hybridized carbons (Fsp3) is 0.614. The molecule has 0 aliphatic carbocycles. The average molecular weight is 838 g/mol. The Balaban J connectivity index is 4.67. The van der Waals surface area contributed by atoms with Crippen LogP contribution in [-0.4, -0.2) is 82.3 Å². The van der Waals surface area contributed by atoms with Crippen molar-refractivity contribution in [3.63, 3.8) is 0 Å². The molecule has 0 spiro atoms. The van der Waals surface area contributed by atoms with Crippen molar-refractivity contribution in [1.82, 2.24) is 0 Å². The van der Waals surface area contributed by atoms with Crippen LogP contribution in [0.5, 0.6) is 0 Å². The van der Waals surface area contributed by atoms with Crippen LogP contribution < -0.4 is 5.73 Å². The Bertz CT molecular complexity index is 1340. The van der Waals surface area contributed by atoms with Crippen LogP contribution in [0.2, 0.25) is 0 Å². The smallest absolute Gasteiger partial charge is 0.472 e. The van der Waals surface area contributed by atoms with E-state index in [9.17, 15) is 34.1 Å². The molecule has 0 saturated heterocycles. The highest BCUT2D eigenvalue weighted by molar-refractivity contribution is 7.47. The molecule has 0 amide bonds. The van der Waals surface area contributed by atoms with E-state index >= 15 is 0 Å². The number of hydrogen-bond acceptors (Lipinski definition) is 11. The number of hydrogen-bond donors (Lipinski definition) is 5. The molecule has 330 valence electrons. The van der Waals surface area contributed by atoms with Crippen molar-refractivity contribution < 1.29 is 57.7 Å². The number of allylic oxidation sites excluding steroid dienone is 12. The fourth-order valence-electron chi connectivity index (χ4n) is 5.00. The van der Waals surface area contributed by atoms with Gasteiger partial charge in [0.25, 0.3) is 0 Å². The molecule has 0 aromatic rings. The summed E-state index contributed by atoms with van der Waals surface area (Å²) < 4.78 is 32.5. The van der Waals surface area contributed by atoms with E-state index in [1.54, 1.807) is 24.3 Å². The maximum absolute atomic E-state index is 12.6. The van der Waals surface area contributed by atoms with Gasteiger partial charge in [-0.3, -0.25) is 23.4 Å². The number of esters is 2. The molecule has 0 aliphatic heterocycles. The predicted molar refractivity (Wildman–Crippen MR) is 229 cm³/mol. The fourth-order valence-corrected chi connectivity index (χ4v) is 5.78. The van der Waals surface area contributed by atoms with Gasteiger partial charge in [0.1, 0.15) is 12.6 Å². The lowest BCUT2D eigenvalue weighted by atomic mass is 10.1.